The van der Waals surface area contributed by atoms with Gasteiger partial charge in [-0.25, -0.2) is 8.42 Å². The Balaban J connectivity index is 2.73. The Morgan fingerprint density at radius 1 is 1.44 bits per heavy atom. The van der Waals surface area contributed by atoms with Gasteiger partial charge in [0, 0.05) is 22.5 Å². The van der Waals surface area contributed by atoms with Gasteiger partial charge < -0.3 is 5.32 Å². The monoisotopic (exact) mass is 305 g/mol. The van der Waals surface area contributed by atoms with Crippen LogP contribution in [0.5, 0.6) is 0 Å². The van der Waals surface area contributed by atoms with Crippen LogP contribution >= 0.6 is 15.9 Å². The fraction of sp³-hybridized carbons (Fsp3) is 0.455. The quantitative estimate of drug-likeness (QED) is 0.930. The summed E-state index contributed by atoms with van der Waals surface area (Å²) in [6.07, 6.45) is 1.25. The highest BCUT2D eigenvalue weighted by Gasteiger charge is 2.11. The molecule has 0 aliphatic heterocycles. The molecule has 3 nitrogen and oxygen atoms in total. The van der Waals surface area contributed by atoms with Gasteiger partial charge in [0.2, 0.25) is 0 Å². The molecule has 1 N–H and O–H groups in total. The molecule has 0 bridgehead atoms. The zero-order valence-electron chi connectivity index (χ0n) is 9.62. The van der Waals surface area contributed by atoms with E-state index in [0.717, 1.165) is 15.7 Å². The fourth-order valence-electron chi connectivity index (χ4n) is 1.55. The van der Waals surface area contributed by atoms with Gasteiger partial charge in [0.05, 0.1) is 5.75 Å². The lowest BCUT2D eigenvalue weighted by Crippen LogP contribution is -2.25. The van der Waals surface area contributed by atoms with Crippen molar-refractivity contribution in [2.75, 3.05) is 17.3 Å². The Morgan fingerprint density at radius 3 is 2.56 bits per heavy atom. The fourth-order valence-corrected chi connectivity index (χ4v) is 3.02. The van der Waals surface area contributed by atoms with E-state index in [1.54, 1.807) is 0 Å². The molecule has 0 amide bonds. The van der Waals surface area contributed by atoms with Gasteiger partial charge in [-0.15, -0.1) is 0 Å². The summed E-state index contributed by atoms with van der Waals surface area (Å²) < 4.78 is 23.3. The maximum Gasteiger partial charge on any atom is 0.149 e. The first-order valence-corrected chi connectivity index (χ1v) is 7.84. The number of sulfone groups is 1. The van der Waals surface area contributed by atoms with Gasteiger partial charge in [-0.05, 0) is 37.6 Å². The minimum atomic E-state index is -2.94. The molecule has 0 saturated carbocycles. The Kier molecular flexibility index (Phi) is 4.38. The summed E-state index contributed by atoms with van der Waals surface area (Å²) in [6.45, 7) is 3.85. The predicted octanol–water partition coefficient (Wildman–Crippen LogP) is 2.60. The van der Waals surface area contributed by atoms with Crippen molar-refractivity contribution < 1.29 is 8.42 Å². The zero-order chi connectivity index (χ0) is 12.3. The second-order valence-electron chi connectivity index (χ2n) is 4.10. The van der Waals surface area contributed by atoms with Gasteiger partial charge >= 0.3 is 0 Å². The van der Waals surface area contributed by atoms with Gasteiger partial charge in [-0.1, -0.05) is 15.9 Å². The Labute approximate surface area is 105 Å². The number of benzene rings is 1. The first-order valence-electron chi connectivity index (χ1n) is 4.98. The van der Waals surface area contributed by atoms with E-state index in [9.17, 15) is 8.42 Å². The van der Waals surface area contributed by atoms with Crippen LogP contribution in [0.4, 0.5) is 5.69 Å². The standard InChI is InChI=1S/C11H16BrNO2S/c1-8-6-10(12)4-5-11(8)13-9(2)7-16(3,14)15/h4-6,9,13H,7H2,1-3H3. The van der Waals surface area contributed by atoms with E-state index >= 15 is 0 Å². The summed E-state index contributed by atoms with van der Waals surface area (Å²) in [5.41, 5.74) is 2.06. The van der Waals surface area contributed by atoms with Crippen LogP contribution in [0.15, 0.2) is 22.7 Å². The van der Waals surface area contributed by atoms with E-state index in [1.807, 2.05) is 32.0 Å². The van der Waals surface area contributed by atoms with Crippen molar-refractivity contribution in [1.82, 2.24) is 0 Å². The van der Waals surface area contributed by atoms with Gasteiger partial charge in [-0.3, -0.25) is 0 Å². The zero-order valence-corrected chi connectivity index (χ0v) is 12.0. The molecule has 90 valence electrons. The van der Waals surface area contributed by atoms with E-state index in [4.69, 9.17) is 0 Å². The van der Waals surface area contributed by atoms with Gasteiger partial charge in [0.1, 0.15) is 9.84 Å². The third kappa shape index (κ3) is 4.53. The molecule has 0 aromatic heterocycles. The first kappa shape index (κ1) is 13.5. The molecular formula is C11H16BrNO2S. The Hall–Kier alpha value is -0.550. The summed E-state index contributed by atoms with van der Waals surface area (Å²) in [5.74, 6) is 0.141. The van der Waals surface area contributed by atoms with Crippen molar-refractivity contribution >= 4 is 31.5 Å². The number of anilines is 1. The number of hydrogen-bond acceptors (Lipinski definition) is 3. The summed E-state index contributed by atoms with van der Waals surface area (Å²) >= 11 is 3.39. The summed E-state index contributed by atoms with van der Waals surface area (Å²) in [4.78, 5) is 0. The molecule has 1 atom stereocenters. The van der Waals surface area contributed by atoms with E-state index in [2.05, 4.69) is 21.2 Å². The van der Waals surface area contributed by atoms with Crippen LogP contribution < -0.4 is 5.32 Å². The minimum absolute atomic E-state index is 0.0881. The van der Waals surface area contributed by atoms with Crippen LogP contribution in [0.2, 0.25) is 0 Å². The normalized spacial score (nSPS) is 13.5. The smallest absolute Gasteiger partial charge is 0.149 e. The summed E-state index contributed by atoms with van der Waals surface area (Å²) in [6, 6.07) is 5.78. The molecule has 0 aliphatic carbocycles. The summed E-state index contributed by atoms with van der Waals surface area (Å²) in [7, 11) is -2.94. The molecule has 0 saturated heterocycles. The first-order chi connectivity index (χ1) is 7.28. The number of halogens is 1. The molecule has 16 heavy (non-hydrogen) atoms. The number of hydrogen-bond donors (Lipinski definition) is 1. The highest BCUT2D eigenvalue weighted by atomic mass is 79.9. The van der Waals surface area contributed by atoms with E-state index in [-0.39, 0.29) is 11.8 Å². The molecule has 0 aliphatic rings. The molecule has 0 fully saturated rings. The molecule has 1 rings (SSSR count). The lowest BCUT2D eigenvalue weighted by molar-refractivity contribution is 0.598. The Bertz CT molecular complexity index is 471. The van der Waals surface area contributed by atoms with Crippen molar-refractivity contribution in [3.8, 4) is 0 Å². The summed E-state index contributed by atoms with van der Waals surface area (Å²) in [5, 5.41) is 3.19. The van der Waals surface area contributed by atoms with Crippen molar-refractivity contribution in [3.05, 3.63) is 28.2 Å². The predicted molar refractivity (Wildman–Crippen MR) is 71.7 cm³/mol. The van der Waals surface area contributed by atoms with Crippen molar-refractivity contribution in [3.63, 3.8) is 0 Å². The maximum atomic E-state index is 11.1. The molecule has 1 aromatic rings. The number of nitrogens with one attached hydrogen (secondary N) is 1. The minimum Gasteiger partial charge on any atom is -0.381 e. The van der Waals surface area contributed by atoms with Crippen LogP contribution in [0, 0.1) is 6.92 Å². The van der Waals surface area contributed by atoms with Gasteiger partial charge in [0.25, 0.3) is 0 Å². The van der Waals surface area contributed by atoms with Crippen molar-refractivity contribution in [1.29, 1.82) is 0 Å². The molecule has 1 aromatic carbocycles. The molecular weight excluding hydrogens is 290 g/mol. The third-order valence-electron chi connectivity index (χ3n) is 2.14. The van der Waals surface area contributed by atoms with Crippen LogP contribution in [0.25, 0.3) is 0 Å². The molecule has 5 heteroatoms. The highest BCUT2D eigenvalue weighted by molar-refractivity contribution is 9.10. The van der Waals surface area contributed by atoms with E-state index < -0.39 is 9.84 Å². The van der Waals surface area contributed by atoms with Gasteiger partial charge in [-0.2, -0.15) is 0 Å². The van der Waals surface area contributed by atoms with Crippen LogP contribution in [-0.4, -0.2) is 26.5 Å². The lowest BCUT2D eigenvalue weighted by atomic mass is 10.2. The average Bonchev–Trinajstić information content (AvgIpc) is 2.06. The molecule has 0 spiro atoms. The maximum absolute atomic E-state index is 11.1. The van der Waals surface area contributed by atoms with Crippen LogP contribution in [-0.2, 0) is 9.84 Å². The number of aryl methyl sites for hydroxylation is 1. The largest absolute Gasteiger partial charge is 0.381 e. The topological polar surface area (TPSA) is 46.2 Å². The third-order valence-corrected chi connectivity index (χ3v) is 3.74. The van der Waals surface area contributed by atoms with Crippen LogP contribution in [0.3, 0.4) is 0 Å². The van der Waals surface area contributed by atoms with Crippen molar-refractivity contribution in [2.45, 2.75) is 19.9 Å². The SMILES string of the molecule is Cc1cc(Br)ccc1NC(C)CS(C)(=O)=O. The molecule has 0 heterocycles. The van der Waals surface area contributed by atoms with Crippen LogP contribution in [0.1, 0.15) is 12.5 Å². The van der Waals surface area contributed by atoms with E-state index in [0.29, 0.717) is 0 Å². The van der Waals surface area contributed by atoms with E-state index in [1.165, 1.54) is 6.26 Å². The average molecular weight is 306 g/mol. The lowest BCUT2D eigenvalue weighted by Gasteiger charge is -2.16. The number of rotatable bonds is 4. The molecule has 1 unspecified atom stereocenters. The second kappa shape index (κ2) is 5.19. The Morgan fingerprint density at radius 2 is 2.06 bits per heavy atom. The molecule has 0 radical (unpaired) electrons. The second-order valence-corrected chi connectivity index (χ2v) is 7.20. The highest BCUT2D eigenvalue weighted by Crippen LogP contribution is 2.20. The van der Waals surface area contributed by atoms with Gasteiger partial charge in [0.15, 0.2) is 0 Å². The van der Waals surface area contributed by atoms with Crippen molar-refractivity contribution in [2.24, 2.45) is 0 Å².